The van der Waals surface area contributed by atoms with Crippen molar-refractivity contribution in [1.29, 1.82) is 0 Å². The zero-order valence-corrected chi connectivity index (χ0v) is 90.3. The van der Waals surface area contributed by atoms with Gasteiger partial charge in [0.2, 0.25) is 0 Å². The Bertz CT molecular complexity index is 5750. The second kappa shape index (κ2) is 54.1. The van der Waals surface area contributed by atoms with E-state index in [0.717, 1.165) is 0 Å². The van der Waals surface area contributed by atoms with E-state index >= 15 is 0 Å². The first-order valence-electron chi connectivity index (χ1n) is 50.0. The van der Waals surface area contributed by atoms with Crippen LogP contribution in [0.2, 0.25) is 0 Å². The van der Waals surface area contributed by atoms with E-state index in [1.54, 1.807) is 22.3 Å². The van der Waals surface area contributed by atoms with Gasteiger partial charge in [-0.25, -0.2) is 0 Å². The second-order valence-electron chi connectivity index (χ2n) is 36.7. The van der Waals surface area contributed by atoms with Crippen molar-refractivity contribution in [2.75, 3.05) is 0 Å². The van der Waals surface area contributed by atoms with Gasteiger partial charge in [-0.1, -0.05) is 323 Å². The topological polar surface area (TPSA) is 0 Å². The standard InChI is InChI=1S/C48H66S4.C44H58S4.C26H22S4/c1-5-7-9-11-13-15-17-19-21-23-25-40-35-38(4)49-47(40)44-33-31-42(50-44)43-32-34-45(51-43)48-41(26-24-22-20-18-16-14-12-10-8-6-2)36-46(52-48)39-29-27-37(3)28-30-39;1-5-7-9-11-13-15-17-19-21-36-31-34(4)45-43(36)40-29-27-38(46-40)39-28-30-41(47-39)44-37(22-20-18-16-14-12-10-8-6-2)32-42(48-44)35-25-23-33(3)24-26-35;1-15-5-7-19(8-6-15)24-14-17(3)26(30-24)23-12-10-21(29-23)20-9-11-22(28-20)25-16(2)13-18(4)27-25/h27-36H,5-26H2,1-4H3;23-32H,5-22H2,1-4H3;5-14H,1-4H3. The molecule has 15 rings (SSSR count). The van der Waals surface area contributed by atoms with E-state index in [9.17, 15) is 0 Å². The molecule has 0 bridgehead atoms. The number of hydrogen-bond acceptors (Lipinski definition) is 12. The van der Waals surface area contributed by atoms with Gasteiger partial charge >= 0.3 is 0 Å². The average Bonchev–Trinajstić information content (AvgIpc) is 1.65. The molecular weight excluding hydrogens is 1800 g/mol. The van der Waals surface area contributed by atoms with E-state index in [4.69, 9.17) is 0 Å². The van der Waals surface area contributed by atoms with Crippen molar-refractivity contribution in [3.63, 3.8) is 0 Å². The van der Waals surface area contributed by atoms with Crippen LogP contribution in [0.15, 0.2) is 182 Å². The Morgan fingerprint density at radius 3 is 0.608 bits per heavy atom. The first-order chi connectivity index (χ1) is 63.6. The highest BCUT2D eigenvalue weighted by atomic mass is 32.1. The van der Waals surface area contributed by atoms with Crippen LogP contribution in [0.5, 0.6) is 0 Å². The fraction of sp³-hybridized carbons (Fsp3) is 0.441. The van der Waals surface area contributed by atoms with E-state index < -0.39 is 0 Å². The van der Waals surface area contributed by atoms with Gasteiger partial charge in [0, 0.05) is 117 Å². The van der Waals surface area contributed by atoms with Gasteiger partial charge in [-0.2, -0.15) is 0 Å². The third-order valence-corrected chi connectivity index (χ3v) is 40.6. The van der Waals surface area contributed by atoms with Crippen molar-refractivity contribution in [1.82, 2.24) is 0 Å². The molecule has 3 aromatic carbocycles. The van der Waals surface area contributed by atoms with Crippen LogP contribution in [0, 0.1) is 55.4 Å². The summed E-state index contributed by atoms with van der Waals surface area (Å²) >= 11 is 23.6. The number of rotatable bonds is 52. The molecule has 0 N–H and O–H groups in total. The average molecular weight is 1950 g/mol. The fourth-order valence-electron chi connectivity index (χ4n) is 17.8. The van der Waals surface area contributed by atoms with Crippen molar-refractivity contribution >= 4 is 136 Å². The molecule has 15 aromatic rings. The maximum atomic E-state index is 2.51. The first-order valence-corrected chi connectivity index (χ1v) is 59.8. The predicted molar refractivity (Wildman–Crippen MR) is 601 cm³/mol. The predicted octanol–water partition coefficient (Wildman–Crippen LogP) is 44.6. The number of benzene rings is 3. The Labute approximate surface area is 833 Å². The summed E-state index contributed by atoms with van der Waals surface area (Å²) in [7, 11) is 0. The van der Waals surface area contributed by atoms with Crippen LogP contribution in [0.1, 0.15) is 324 Å². The van der Waals surface area contributed by atoms with Gasteiger partial charge in [-0.05, 0) is 266 Å². The minimum atomic E-state index is 1.18. The summed E-state index contributed by atoms with van der Waals surface area (Å²) in [5, 5.41) is 0. The molecule has 0 radical (unpaired) electrons. The molecule has 0 nitrogen and oxygen atoms in total. The molecule has 12 heteroatoms. The highest BCUT2D eigenvalue weighted by Crippen LogP contribution is 2.52. The van der Waals surface area contributed by atoms with Crippen LogP contribution >= 0.6 is 136 Å². The van der Waals surface area contributed by atoms with Crippen LogP contribution in [-0.4, -0.2) is 0 Å². The Morgan fingerprint density at radius 2 is 0.346 bits per heavy atom. The molecular formula is C118H146S12. The number of aryl methyl sites for hydroxylation is 12. The fourth-order valence-corrected chi connectivity index (χ4v) is 31.8. The van der Waals surface area contributed by atoms with Gasteiger partial charge in [-0.15, -0.1) is 136 Å². The molecule has 0 unspecified atom stereocenters. The minimum Gasteiger partial charge on any atom is -0.139 e. The van der Waals surface area contributed by atoms with E-state index in [-0.39, 0.29) is 0 Å². The highest BCUT2D eigenvalue weighted by Gasteiger charge is 2.23. The molecule has 0 aliphatic carbocycles. The van der Waals surface area contributed by atoms with Gasteiger partial charge in [0.05, 0.1) is 0 Å². The summed E-state index contributed by atoms with van der Waals surface area (Å²) in [4.78, 5) is 34.1. The Balaban J connectivity index is 0.000000172. The molecule has 0 atom stereocenters. The Morgan fingerprint density at radius 1 is 0.154 bits per heavy atom. The molecule has 0 spiro atoms. The minimum absolute atomic E-state index is 1.18. The normalized spacial score (nSPS) is 11.5. The monoisotopic (exact) mass is 1950 g/mol. The molecule has 690 valence electrons. The highest BCUT2D eigenvalue weighted by molar-refractivity contribution is 7.31. The quantitative estimate of drug-likeness (QED) is 0.0333. The third-order valence-electron chi connectivity index (χ3n) is 25.4. The van der Waals surface area contributed by atoms with Crippen LogP contribution in [-0.2, 0) is 25.7 Å². The number of thiophene rings is 12. The summed E-state index contributed by atoms with van der Waals surface area (Å²) in [5.41, 5.74) is 16.9. The van der Waals surface area contributed by atoms with Crippen molar-refractivity contribution in [3.8, 4) is 119 Å². The van der Waals surface area contributed by atoms with Crippen LogP contribution in [0.25, 0.3) is 119 Å². The third kappa shape index (κ3) is 30.5. The SMILES string of the molecule is CCCCCCCCCCCCc1cc(C)sc1-c1ccc(-c2ccc(-c3sc(-c4ccc(C)cc4)cc3CCCCCCCCCCCC)s2)s1.CCCCCCCCCCc1cc(C)sc1-c1ccc(-c2ccc(-c3sc(-c4ccc(C)cc4)cc3CCCCCCCCCC)s2)s1.Cc1ccc(-c2cc(C)c(-c3ccc(-c4ccc(-c5sc(C)cc5C)s4)s3)s2)cc1. The van der Waals surface area contributed by atoms with E-state index in [1.807, 2.05) is 136 Å². The lowest BCUT2D eigenvalue weighted by Gasteiger charge is -2.04. The van der Waals surface area contributed by atoms with Gasteiger partial charge in [0.15, 0.2) is 0 Å². The van der Waals surface area contributed by atoms with Crippen molar-refractivity contribution < 1.29 is 0 Å². The van der Waals surface area contributed by atoms with Crippen molar-refractivity contribution in [2.45, 2.75) is 340 Å². The maximum absolute atomic E-state index is 2.51. The molecule has 130 heavy (non-hydrogen) atoms. The molecule has 12 aromatic heterocycles. The number of unbranched alkanes of at least 4 members (excludes halogenated alkanes) is 32. The Hall–Kier alpha value is -5.94. The lowest BCUT2D eigenvalue weighted by Crippen LogP contribution is -1.86. The maximum Gasteiger partial charge on any atom is 0.0481 e. The van der Waals surface area contributed by atoms with E-state index in [1.165, 1.54) is 418 Å². The molecule has 0 aliphatic heterocycles. The summed E-state index contributed by atoms with van der Waals surface area (Å²) < 4.78 is 0. The lowest BCUT2D eigenvalue weighted by atomic mass is 10.0. The van der Waals surface area contributed by atoms with Gasteiger partial charge < -0.3 is 0 Å². The summed E-state index contributed by atoms with van der Waals surface area (Å²) in [5.74, 6) is 0. The molecule has 0 aliphatic rings. The smallest absolute Gasteiger partial charge is 0.0481 e. The van der Waals surface area contributed by atoms with Crippen LogP contribution in [0.3, 0.4) is 0 Å². The van der Waals surface area contributed by atoms with Crippen molar-refractivity contribution in [2.24, 2.45) is 0 Å². The first kappa shape index (κ1) is 101. The Kier molecular flexibility index (Phi) is 42.2. The number of hydrogen-bond donors (Lipinski definition) is 0. The zero-order chi connectivity index (χ0) is 90.8. The summed E-state index contributed by atoms with van der Waals surface area (Å²) in [6.07, 6.45) is 54.6. The largest absolute Gasteiger partial charge is 0.139 e. The van der Waals surface area contributed by atoms with Crippen LogP contribution in [0.4, 0.5) is 0 Å². The summed E-state index contributed by atoms with van der Waals surface area (Å²) in [6, 6.07) is 69.8. The molecule has 12 heterocycles. The molecule has 0 amide bonds. The molecule has 0 fully saturated rings. The van der Waals surface area contributed by atoms with Crippen molar-refractivity contribution in [3.05, 3.63) is 247 Å². The molecule has 0 saturated carbocycles. The zero-order valence-electron chi connectivity index (χ0n) is 80.5. The molecule has 0 saturated heterocycles. The van der Waals surface area contributed by atoms with Gasteiger partial charge in [0.25, 0.3) is 0 Å². The lowest BCUT2D eigenvalue weighted by molar-refractivity contribution is 0.556. The van der Waals surface area contributed by atoms with E-state index in [2.05, 4.69) is 265 Å². The van der Waals surface area contributed by atoms with Gasteiger partial charge in [-0.3, -0.25) is 0 Å². The summed E-state index contributed by atoms with van der Waals surface area (Å²) in [6.45, 7) is 26.9. The van der Waals surface area contributed by atoms with Crippen LogP contribution < -0.4 is 0 Å². The van der Waals surface area contributed by atoms with Gasteiger partial charge in [0.1, 0.15) is 0 Å². The van der Waals surface area contributed by atoms with E-state index in [0.29, 0.717) is 0 Å². The second-order valence-corrected chi connectivity index (χ2v) is 50.2.